The molecular weight excluding hydrogens is 384 g/mol. The van der Waals surface area contributed by atoms with Crippen LogP contribution in [0.25, 0.3) is 0 Å². The van der Waals surface area contributed by atoms with Gasteiger partial charge in [0.25, 0.3) is 0 Å². The van der Waals surface area contributed by atoms with Gasteiger partial charge in [-0.1, -0.05) is 112 Å². The van der Waals surface area contributed by atoms with Gasteiger partial charge in [0.05, 0.1) is 0 Å². The first-order chi connectivity index (χ1) is 15.3. The van der Waals surface area contributed by atoms with Crippen LogP contribution >= 0.6 is 0 Å². The SMILES string of the molecule is CC(C)(C)C12CC3(c4ccccc4)CC(c4ccccc4)(CC(c4ccccc4)(C3)C1)C2. The van der Waals surface area contributed by atoms with Crippen LogP contribution in [0.5, 0.6) is 0 Å². The number of hydrogen-bond donors (Lipinski definition) is 0. The summed E-state index contributed by atoms with van der Waals surface area (Å²) in [6, 6.07) is 34.7. The normalized spacial score (nSPS) is 35.7. The van der Waals surface area contributed by atoms with Crippen molar-refractivity contribution in [1.29, 1.82) is 0 Å². The Bertz CT molecular complexity index is 960. The minimum absolute atomic E-state index is 0.245. The largest absolute Gasteiger partial charge is 0.0622 e. The molecule has 3 aromatic rings. The summed E-state index contributed by atoms with van der Waals surface area (Å²) in [4.78, 5) is 0. The highest BCUT2D eigenvalue weighted by Crippen LogP contribution is 2.77. The molecule has 0 aromatic heterocycles. The zero-order chi connectivity index (χ0) is 22.1. The first-order valence-corrected chi connectivity index (χ1v) is 12.5. The molecule has 4 aliphatic carbocycles. The van der Waals surface area contributed by atoms with Gasteiger partial charge in [0.15, 0.2) is 0 Å². The van der Waals surface area contributed by atoms with Gasteiger partial charge in [-0.05, 0) is 82.3 Å². The topological polar surface area (TPSA) is 0 Å². The molecule has 4 fully saturated rings. The number of rotatable bonds is 3. The Morgan fingerprint density at radius 3 is 0.969 bits per heavy atom. The molecule has 0 nitrogen and oxygen atoms in total. The second-order valence-corrected chi connectivity index (χ2v) is 12.5. The molecule has 7 rings (SSSR count). The van der Waals surface area contributed by atoms with Gasteiger partial charge < -0.3 is 0 Å². The van der Waals surface area contributed by atoms with E-state index in [1.54, 1.807) is 16.7 Å². The maximum atomic E-state index is 2.52. The highest BCUT2D eigenvalue weighted by Gasteiger charge is 2.71. The highest BCUT2D eigenvalue weighted by molar-refractivity contribution is 5.45. The molecule has 164 valence electrons. The lowest BCUT2D eigenvalue weighted by Crippen LogP contribution is -2.68. The van der Waals surface area contributed by atoms with Crippen molar-refractivity contribution < 1.29 is 0 Å². The zero-order valence-electron chi connectivity index (χ0n) is 19.9. The van der Waals surface area contributed by atoms with Gasteiger partial charge in [-0.3, -0.25) is 0 Å². The van der Waals surface area contributed by atoms with E-state index in [0.717, 1.165) is 0 Å². The zero-order valence-corrected chi connectivity index (χ0v) is 19.9. The molecule has 0 atom stereocenters. The summed E-state index contributed by atoms with van der Waals surface area (Å²) >= 11 is 0. The third-order valence-corrected chi connectivity index (χ3v) is 9.81. The molecule has 0 spiro atoms. The standard InChI is InChI=1S/C32H36/c1-28(2,3)32-22-29(25-13-7-4-8-14-25)19-30(23-32,26-15-9-5-10-16-26)21-31(20-29,24-32)27-17-11-6-12-18-27/h4-18H,19-24H2,1-3H3. The molecule has 0 unspecified atom stereocenters. The summed E-state index contributed by atoms with van der Waals surface area (Å²) < 4.78 is 0. The molecule has 0 radical (unpaired) electrons. The van der Waals surface area contributed by atoms with E-state index in [4.69, 9.17) is 0 Å². The van der Waals surface area contributed by atoms with Gasteiger partial charge in [-0.15, -0.1) is 0 Å². The van der Waals surface area contributed by atoms with Crippen molar-refractivity contribution in [2.45, 2.75) is 75.5 Å². The molecule has 4 aliphatic rings. The van der Waals surface area contributed by atoms with Crippen molar-refractivity contribution in [3.05, 3.63) is 108 Å². The van der Waals surface area contributed by atoms with Gasteiger partial charge in [0.1, 0.15) is 0 Å². The third-order valence-electron chi connectivity index (χ3n) is 9.81. The van der Waals surface area contributed by atoms with Gasteiger partial charge in [0, 0.05) is 0 Å². The molecule has 0 heterocycles. The van der Waals surface area contributed by atoms with Crippen LogP contribution in [0.15, 0.2) is 91.0 Å². The first-order valence-electron chi connectivity index (χ1n) is 12.5. The second-order valence-electron chi connectivity index (χ2n) is 12.5. The van der Waals surface area contributed by atoms with Crippen LogP contribution < -0.4 is 0 Å². The highest BCUT2D eigenvalue weighted by atomic mass is 14.7. The predicted molar refractivity (Wildman–Crippen MR) is 134 cm³/mol. The average molecular weight is 421 g/mol. The molecule has 0 N–H and O–H groups in total. The fourth-order valence-corrected chi connectivity index (χ4v) is 8.73. The van der Waals surface area contributed by atoms with Crippen LogP contribution in [0, 0.1) is 10.8 Å². The lowest BCUT2D eigenvalue weighted by atomic mass is 9.30. The van der Waals surface area contributed by atoms with Crippen LogP contribution in [-0.4, -0.2) is 0 Å². The molecule has 0 aliphatic heterocycles. The van der Waals surface area contributed by atoms with Crippen LogP contribution in [0.2, 0.25) is 0 Å². The maximum Gasteiger partial charge on any atom is -0.00245 e. The smallest absolute Gasteiger partial charge is 0.00245 e. The van der Waals surface area contributed by atoms with E-state index in [2.05, 4.69) is 112 Å². The minimum Gasteiger partial charge on any atom is -0.0622 e. The fourth-order valence-electron chi connectivity index (χ4n) is 8.73. The van der Waals surface area contributed by atoms with Gasteiger partial charge >= 0.3 is 0 Å². The molecule has 32 heavy (non-hydrogen) atoms. The van der Waals surface area contributed by atoms with E-state index >= 15 is 0 Å². The van der Waals surface area contributed by atoms with E-state index in [9.17, 15) is 0 Å². The van der Waals surface area contributed by atoms with Gasteiger partial charge in [-0.2, -0.15) is 0 Å². The number of benzene rings is 3. The molecular formula is C32H36. The summed E-state index contributed by atoms with van der Waals surface area (Å²) in [7, 11) is 0. The molecule has 4 saturated carbocycles. The van der Waals surface area contributed by atoms with Gasteiger partial charge in [0.2, 0.25) is 0 Å². The Hall–Kier alpha value is -2.34. The molecule has 3 aromatic carbocycles. The second kappa shape index (κ2) is 6.60. The van der Waals surface area contributed by atoms with Crippen LogP contribution in [0.4, 0.5) is 0 Å². The van der Waals surface area contributed by atoms with Crippen molar-refractivity contribution in [1.82, 2.24) is 0 Å². The van der Waals surface area contributed by atoms with Gasteiger partial charge in [-0.25, -0.2) is 0 Å². The van der Waals surface area contributed by atoms with Crippen molar-refractivity contribution >= 4 is 0 Å². The van der Waals surface area contributed by atoms with Crippen LogP contribution in [0.1, 0.15) is 76.0 Å². The van der Waals surface area contributed by atoms with Crippen molar-refractivity contribution in [2.75, 3.05) is 0 Å². The average Bonchev–Trinajstić information content (AvgIpc) is 2.79. The summed E-state index contributed by atoms with van der Waals surface area (Å²) in [5, 5.41) is 0. The quantitative estimate of drug-likeness (QED) is 0.400. The molecule has 0 amide bonds. The van der Waals surface area contributed by atoms with Crippen LogP contribution in [0.3, 0.4) is 0 Å². The molecule has 0 saturated heterocycles. The Labute approximate surface area is 194 Å². The third kappa shape index (κ3) is 2.74. The Morgan fingerprint density at radius 1 is 0.438 bits per heavy atom. The lowest BCUT2D eigenvalue weighted by Gasteiger charge is -2.74. The molecule has 4 bridgehead atoms. The maximum absolute atomic E-state index is 2.52. The Balaban J connectivity index is 1.65. The minimum atomic E-state index is 0.245. The Morgan fingerprint density at radius 2 is 0.719 bits per heavy atom. The summed E-state index contributed by atoms with van der Waals surface area (Å²) in [5.74, 6) is 0. The summed E-state index contributed by atoms with van der Waals surface area (Å²) in [5.41, 5.74) is 6.08. The first kappa shape index (κ1) is 20.3. The van der Waals surface area contributed by atoms with E-state index in [1.165, 1.54) is 38.5 Å². The van der Waals surface area contributed by atoms with E-state index < -0.39 is 0 Å². The Kier molecular flexibility index (Phi) is 4.18. The van der Waals surface area contributed by atoms with Crippen molar-refractivity contribution in [3.63, 3.8) is 0 Å². The van der Waals surface area contributed by atoms with E-state index in [-0.39, 0.29) is 21.7 Å². The van der Waals surface area contributed by atoms with Crippen molar-refractivity contribution in [2.24, 2.45) is 10.8 Å². The summed E-state index contributed by atoms with van der Waals surface area (Å²) in [6.45, 7) is 7.57. The van der Waals surface area contributed by atoms with E-state index in [1.807, 2.05) is 0 Å². The lowest BCUT2D eigenvalue weighted by molar-refractivity contribution is -0.155. The summed E-state index contributed by atoms with van der Waals surface area (Å²) in [6.07, 6.45) is 7.87. The fraction of sp³-hybridized carbons (Fsp3) is 0.438. The predicted octanol–water partition coefficient (Wildman–Crippen LogP) is 8.21. The van der Waals surface area contributed by atoms with E-state index in [0.29, 0.717) is 5.41 Å². The van der Waals surface area contributed by atoms with Crippen molar-refractivity contribution in [3.8, 4) is 0 Å². The number of hydrogen-bond acceptors (Lipinski definition) is 0. The van der Waals surface area contributed by atoms with Crippen LogP contribution in [-0.2, 0) is 16.2 Å². The molecule has 0 heteroatoms. The monoisotopic (exact) mass is 420 g/mol.